The Morgan fingerprint density at radius 2 is 2.05 bits per heavy atom. The Kier molecular flexibility index (Phi) is 6.34. The minimum Gasteiger partial charge on any atom is -0.494 e. The third kappa shape index (κ3) is 4.80. The Labute approximate surface area is 123 Å². The van der Waals surface area contributed by atoms with Crippen molar-refractivity contribution in [3.63, 3.8) is 0 Å². The zero-order valence-electron chi connectivity index (χ0n) is 12.7. The van der Waals surface area contributed by atoms with E-state index in [1.807, 2.05) is 13.0 Å². The molecule has 0 radical (unpaired) electrons. The molecule has 20 heavy (non-hydrogen) atoms. The van der Waals surface area contributed by atoms with E-state index in [-0.39, 0.29) is 0 Å². The smallest absolute Gasteiger partial charge is 0.119 e. The van der Waals surface area contributed by atoms with E-state index in [0.717, 1.165) is 31.9 Å². The highest BCUT2D eigenvalue weighted by atomic mass is 16.5. The van der Waals surface area contributed by atoms with E-state index in [1.165, 1.54) is 37.9 Å². The third-order valence-corrected chi connectivity index (χ3v) is 4.03. The third-order valence-electron chi connectivity index (χ3n) is 4.03. The number of nitrogens with zero attached hydrogens (tertiary/aromatic N) is 1. The van der Waals surface area contributed by atoms with E-state index < -0.39 is 0 Å². The average Bonchev–Trinajstić information content (AvgIpc) is 2.48. The number of hydrogen-bond donors (Lipinski definition) is 1. The fourth-order valence-electron chi connectivity index (χ4n) is 2.99. The molecule has 0 amide bonds. The van der Waals surface area contributed by atoms with E-state index in [9.17, 15) is 0 Å². The highest BCUT2D eigenvalue weighted by molar-refractivity contribution is 5.28. The van der Waals surface area contributed by atoms with Gasteiger partial charge in [0.15, 0.2) is 0 Å². The van der Waals surface area contributed by atoms with E-state index in [2.05, 4.69) is 23.1 Å². The average molecular weight is 276 g/mol. The highest BCUT2D eigenvalue weighted by Gasteiger charge is 2.16. The number of rotatable bonds is 7. The first kappa shape index (κ1) is 15.3. The van der Waals surface area contributed by atoms with Gasteiger partial charge in [0.2, 0.25) is 0 Å². The van der Waals surface area contributed by atoms with Gasteiger partial charge in [0.1, 0.15) is 5.75 Å². The summed E-state index contributed by atoms with van der Waals surface area (Å²) in [4.78, 5) is 2.58. The molecule has 1 unspecified atom stereocenters. The van der Waals surface area contributed by atoms with Crippen molar-refractivity contribution < 1.29 is 4.74 Å². The van der Waals surface area contributed by atoms with Crippen LogP contribution in [0, 0.1) is 5.92 Å². The first-order valence-electron chi connectivity index (χ1n) is 7.96. The molecule has 0 bridgehead atoms. The van der Waals surface area contributed by atoms with Crippen LogP contribution >= 0.6 is 0 Å². The molecule has 3 nitrogen and oxygen atoms in total. The molecule has 0 aromatic heterocycles. The topological polar surface area (TPSA) is 38.5 Å². The number of likely N-dealkylation sites (tertiary alicyclic amines) is 1. The maximum absolute atomic E-state index is 5.98. The maximum Gasteiger partial charge on any atom is 0.119 e. The molecule has 3 heteroatoms. The van der Waals surface area contributed by atoms with Crippen molar-refractivity contribution >= 4 is 0 Å². The molecule has 112 valence electrons. The molecule has 1 atom stereocenters. The molecule has 0 aliphatic carbocycles. The van der Waals surface area contributed by atoms with Crippen LogP contribution in [0.4, 0.5) is 0 Å². The van der Waals surface area contributed by atoms with Crippen LogP contribution in [0.2, 0.25) is 0 Å². The van der Waals surface area contributed by atoms with Gasteiger partial charge in [-0.2, -0.15) is 0 Å². The summed E-state index contributed by atoms with van der Waals surface area (Å²) in [5, 5.41) is 0. The van der Waals surface area contributed by atoms with Crippen molar-refractivity contribution in [1.82, 2.24) is 4.90 Å². The van der Waals surface area contributed by atoms with Gasteiger partial charge in [-0.1, -0.05) is 18.6 Å². The second kappa shape index (κ2) is 8.28. The first-order chi connectivity index (χ1) is 9.81. The molecule has 0 spiro atoms. The molecule has 1 saturated heterocycles. The van der Waals surface area contributed by atoms with Gasteiger partial charge in [-0.3, -0.25) is 0 Å². The van der Waals surface area contributed by atoms with Crippen molar-refractivity contribution in [2.45, 2.75) is 32.6 Å². The van der Waals surface area contributed by atoms with Crippen LogP contribution in [-0.2, 0) is 6.42 Å². The molecule has 1 fully saturated rings. The molecule has 1 aliphatic rings. The Morgan fingerprint density at radius 3 is 2.75 bits per heavy atom. The van der Waals surface area contributed by atoms with Gasteiger partial charge in [-0.15, -0.1) is 0 Å². The Balaban J connectivity index is 1.89. The number of benzene rings is 1. The van der Waals surface area contributed by atoms with E-state index in [0.29, 0.717) is 5.92 Å². The van der Waals surface area contributed by atoms with Crippen molar-refractivity contribution in [3.05, 3.63) is 29.8 Å². The number of piperidine rings is 1. The molecule has 2 rings (SSSR count). The van der Waals surface area contributed by atoms with Crippen LogP contribution in [0.15, 0.2) is 24.3 Å². The summed E-state index contributed by atoms with van der Waals surface area (Å²) in [7, 11) is 0. The van der Waals surface area contributed by atoms with Crippen LogP contribution in [0.3, 0.4) is 0 Å². The molecule has 1 aromatic carbocycles. The van der Waals surface area contributed by atoms with Crippen molar-refractivity contribution in [2.75, 3.05) is 32.8 Å². The van der Waals surface area contributed by atoms with Crippen LogP contribution < -0.4 is 10.5 Å². The monoisotopic (exact) mass is 276 g/mol. The zero-order valence-corrected chi connectivity index (χ0v) is 12.7. The second-order valence-electron chi connectivity index (χ2n) is 5.75. The molecular formula is C17H28N2O. The second-order valence-corrected chi connectivity index (χ2v) is 5.75. The fraction of sp³-hybridized carbons (Fsp3) is 0.647. The number of hydrogen-bond acceptors (Lipinski definition) is 3. The van der Waals surface area contributed by atoms with Gasteiger partial charge in [-0.05, 0) is 69.4 Å². The summed E-state index contributed by atoms with van der Waals surface area (Å²) in [6.07, 6.45) is 5.13. The van der Waals surface area contributed by atoms with Crippen molar-refractivity contribution in [3.8, 4) is 5.75 Å². The van der Waals surface area contributed by atoms with Crippen LogP contribution in [0.1, 0.15) is 31.7 Å². The lowest BCUT2D eigenvalue weighted by molar-refractivity contribution is 0.196. The zero-order chi connectivity index (χ0) is 14.2. The van der Waals surface area contributed by atoms with E-state index >= 15 is 0 Å². The Hall–Kier alpha value is -1.06. The van der Waals surface area contributed by atoms with E-state index in [4.69, 9.17) is 10.5 Å². The predicted octanol–water partition coefficient (Wildman–Crippen LogP) is 2.69. The summed E-state index contributed by atoms with van der Waals surface area (Å²) < 4.78 is 5.57. The fourth-order valence-corrected chi connectivity index (χ4v) is 2.99. The van der Waals surface area contributed by atoms with E-state index in [1.54, 1.807) is 0 Å². The summed E-state index contributed by atoms with van der Waals surface area (Å²) in [5.74, 6) is 1.52. The van der Waals surface area contributed by atoms with Crippen molar-refractivity contribution in [2.24, 2.45) is 11.7 Å². The normalized spacial score (nSPS) is 17.9. The Morgan fingerprint density at radius 1 is 1.25 bits per heavy atom. The van der Waals surface area contributed by atoms with Gasteiger partial charge < -0.3 is 15.4 Å². The standard InChI is InChI=1S/C17H28N2O/c1-2-20-17-8-6-7-15(12-17)11-16(13-18)14-19-9-4-3-5-10-19/h6-8,12,16H,2-5,9-11,13-14,18H2,1H3. The minimum absolute atomic E-state index is 0.546. The quantitative estimate of drug-likeness (QED) is 0.832. The molecule has 0 saturated carbocycles. The summed E-state index contributed by atoms with van der Waals surface area (Å²) in [5.41, 5.74) is 7.31. The lowest BCUT2D eigenvalue weighted by Crippen LogP contribution is -2.37. The summed E-state index contributed by atoms with van der Waals surface area (Å²) >= 11 is 0. The maximum atomic E-state index is 5.98. The molecule has 1 aliphatic heterocycles. The van der Waals surface area contributed by atoms with Gasteiger partial charge >= 0.3 is 0 Å². The van der Waals surface area contributed by atoms with Crippen LogP contribution in [0.25, 0.3) is 0 Å². The van der Waals surface area contributed by atoms with Gasteiger partial charge in [0, 0.05) is 6.54 Å². The van der Waals surface area contributed by atoms with Crippen molar-refractivity contribution in [1.29, 1.82) is 0 Å². The first-order valence-corrected chi connectivity index (χ1v) is 7.96. The summed E-state index contributed by atoms with van der Waals surface area (Å²) in [6.45, 7) is 7.12. The molecule has 1 aromatic rings. The van der Waals surface area contributed by atoms with Gasteiger partial charge in [0.25, 0.3) is 0 Å². The highest BCUT2D eigenvalue weighted by Crippen LogP contribution is 2.18. The number of nitrogens with two attached hydrogens (primary N) is 1. The molecular weight excluding hydrogens is 248 g/mol. The Bertz CT molecular complexity index is 388. The minimum atomic E-state index is 0.546. The van der Waals surface area contributed by atoms with Crippen LogP contribution in [-0.4, -0.2) is 37.7 Å². The van der Waals surface area contributed by atoms with Crippen LogP contribution in [0.5, 0.6) is 5.75 Å². The largest absolute Gasteiger partial charge is 0.494 e. The molecule has 1 heterocycles. The lowest BCUT2D eigenvalue weighted by atomic mass is 9.97. The summed E-state index contributed by atoms with van der Waals surface area (Å²) in [6, 6.07) is 8.44. The SMILES string of the molecule is CCOc1cccc(CC(CN)CN2CCCCC2)c1. The molecule has 2 N–H and O–H groups in total. The number of ether oxygens (including phenoxy) is 1. The van der Waals surface area contributed by atoms with Gasteiger partial charge in [-0.25, -0.2) is 0 Å². The lowest BCUT2D eigenvalue weighted by Gasteiger charge is -2.30. The van der Waals surface area contributed by atoms with Gasteiger partial charge in [0.05, 0.1) is 6.61 Å². The predicted molar refractivity (Wildman–Crippen MR) is 84.2 cm³/mol.